The topological polar surface area (TPSA) is 95.1 Å². The Labute approximate surface area is 149 Å². The molecule has 0 unspecified atom stereocenters. The van der Waals surface area contributed by atoms with E-state index in [1.807, 2.05) is 48.7 Å². The number of nitrogens with zero attached hydrogens (tertiary/aromatic N) is 1. The van der Waals surface area contributed by atoms with Gasteiger partial charge < -0.3 is 15.4 Å². The van der Waals surface area contributed by atoms with E-state index in [4.69, 9.17) is 0 Å². The van der Waals surface area contributed by atoms with E-state index < -0.39 is 17.2 Å². The van der Waals surface area contributed by atoms with Crippen molar-refractivity contribution in [3.8, 4) is 16.5 Å². The number of carbonyl (C=O) groups is 1. The van der Waals surface area contributed by atoms with Crippen molar-refractivity contribution in [2.45, 2.75) is 20.4 Å². The highest BCUT2D eigenvalue weighted by Crippen LogP contribution is 2.22. The molecule has 2 aromatic heterocycles. The smallest absolute Gasteiger partial charge is 0.294 e. The standard InChI is InChI=1S/C17H15N3O3S.CH4/c1-10(11-6-3-2-4-7-11)18-16(22)13-14(21)17(23)20-15(19-13)12-8-5-9-24-12;/h2-10,21H,1H3,(H,18,22)(H,19,20,23);1H4/t10-;/m1./s1. The molecule has 3 aromatic rings. The van der Waals surface area contributed by atoms with Gasteiger partial charge >= 0.3 is 0 Å². The van der Waals surface area contributed by atoms with Crippen LogP contribution in [0.2, 0.25) is 0 Å². The molecule has 1 aromatic carbocycles. The van der Waals surface area contributed by atoms with E-state index in [-0.39, 0.29) is 25.0 Å². The molecule has 0 aliphatic heterocycles. The minimum atomic E-state index is -0.745. The normalized spacial score (nSPS) is 11.4. The number of hydrogen-bond acceptors (Lipinski definition) is 5. The average molecular weight is 357 g/mol. The molecule has 0 bridgehead atoms. The molecule has 1 atom stereocenters. The quantitative estimate of drug-likeness (QED) is 0.667. The predicted octanol–water partition coefficient (Wildman–Crippen LogP) is 3.33. The fourth-order valence-corrected chi connectivity index (χ4v) is 2.91. The zero-order valence-electron chi connectivity index (χ0n) is 12.8. The van der Waals surface area contributed by atoms with Gasteiger partial charge in [-0.3, -0.25) is 9.59 Å². The molecular weight excluding hydrogens is 338 g/mol. The number of rotatable bonds is 4. The molecule has 0 fully saturated rings. The van der Waals surface area contributed by atoms with Gasteiger partial charge in [0, 0.05) is 0 Å². The van der Waals surface area contributed by atoms with Crippen LogP contribution in [0.15, 0.2) is 52.6 Å². The lowest BCUT2D eigenvalue weighted by Crippen LogP contribution is -2.29. The van der Waals surface area contributed by atoms with Crippen LogP contribution in [-0.4, -0.2) is 21.0 Å². The summed E-state index contributed by atoms with van der Waals surface area (Å²) in [6.45, 7) is 1.82. The maximum absolute atomic E-state index is 12.4. The van der Waals surface area contributed by atoms with Crippen LogP contribution in [0, 0.1) is 0 Å². The number of aromatic hydroxyl groups is 1. The number of nitrogens with one attached hydrogen (secondary N) is 2. The van der Waals surface area contributed by atoms with Gasteiger partial charge in [-0.15, -0.1) is 11.3 Å². The van der Waals surface area contributed by atoms with Crippen LogP contribution in [0.3, 0.4) is 0 Å². The van der Waals surface area contributed by atoms with Crippen LogP contribution in [0.4, 0.5) is 0 Å². The maximum atomic E-state index is 12.4. The van der Waals surface area contributed by atoms with Crippen molar-refractivity contribution in [1.29, 1.82) is 0 Å². The fraction of sp³-hybridized carbons (Fsp3) is 0.167. The van der Waals surface area contributed by atoms with Gasteiger partial charge in [0.05, 0.1) is 10.9 Å². The Bertz CT molecular complexity index is 905. The summed E-state index contributed by atoms with van der Waals surface area (Å²) in [5, 5.41) is 14.5. The molecule has 0 aliphatic carbocycles. The van der Waals surface area contributed by atoms with Gasteiger partial charge in [0.15, 0.2) is 11.5 Å². The van der Waals surface area contributed by atoms with Crippen molar-refractivity contribution in [2.24, 2.45) is 0 Å². The Morgan fingerprint density at radius 1 is 1.24 bits per heavy atom. The van der Waals surface area contributed by atoms with Crippen LogP contribution in [-0.2, 0) is 0 Å². The number of aromatic amines is 1. The summed E-state index contributed by atoms with van der Waals surface area (Å²) in [5.74, 6) is -1.04. The van der Waals surface area contributed by atoms with Gasteiger partial charge in [-0.25, -0.2) is 4.98 Å². The van der Waals surface area contributed by atoms with Gasteiger partial charge in [0.25, 0.3) is 11.5 Å². The van der Waals surface area contributed by atoms with E-state index in [0.29, 0.717) is 4.88 Å². The summed E-state index contributed by atoms with van der Waals surface area (Å²) in [4.78, 5) is 31.6. The van der Waals surface area contributed by atoms with Crippen molar-refractivity contribution in [3.05, 3.63) is 69.5 Å². The van der Waals surface area contributed by atoms with Crippen LogP contribution >= 0.6 is 11.3 Å². The second kappa shape index (κ2) is 7.76. The summed E-state index contributed by atoms with van der Waals surface area (Å²) in [6, 6.07) is 12.7. The molecule has 25 heavy (non-hydrogen) atoms. The van der Waals surface area contributed by atoms with E-state index in [0.717, 1.165) is 5.56 Å². The van der Waals surface area contributed by atoms with Crippen LogP contribution in [0.1, 0.15) is 36.4 Å². The van der Waals surface area contributed by atoms with Gasteiger partial charge in [0.2, 0.25) is 5.75 Å². The molecule has 7 heteroatoms. The third-order valence-corrected chi connectivity index (χ3v) is 4.39. The highest BCUT2D eigenvalue weighted by Gasteiger charge is 2.20. The lowest BCUT2D eigenvalue weighted by Gasteiger charge is -2.14. The lowest BCUT2D eigenvalue weighted by atomic mass is 10.1. The number of benzene rings is 1. The summed E-state index contributed by atoms with van der Waals surface area (Å²) >= 11 is 1.38. The maximum Gasteiger partial charge on any atom is 0.294 e. The first-order chi connectivity index (χ1) is 11.6. The zero-order valence-corrected chi connectivity index (χ0v) is 13.6. The van der Waals surface area contributed by atoms with E-state index in [2.05, 4.69) is 15.3 Å². The Morgan fingerprint density at radius 2 is 1.96 bits per heavy atom. The molecule has 0 radical (unpaired) electrons. The monoisotopic (exact) mass is 357 g/mol. The van der Waals surface area contributed by atoms with Crippen molar-refractivity contribution in [2.75, 3.05) is 0 Å². The summed E-state index contributed by atoms with van der Waals surface area (Å²) in [6.07, 6.45) is 0. The van der Waals surface area contributed by atoms with Crippen molar-refractivity contribution >= 4 is 17.2 Å². The van der Waals surface area contributed by atoms with Crippen molar-refractivity contribution in [3.63, 3.8) is 0 Å². The molecule has 0 aliphatic rings. The van der Waals surface area contributed by atoms with E-state index in [9.17, 15) is 14.7 Å². The van der Waals surface area contributed by atoms with Crippen molar-refractivity contribution in [1.82, 2.24) is 15.3 Å². The fourth-order valence-electron chi connectivity index (χ4n) is 2.25. The number of amides is 1. The van der Waals surface area contributed by atoms with Gasteiger partial charge in [0.1, 0.15) is 0 Å². The lowest BCUT2D eigenvalue weighted by molar-refractivity contribution is 0.0931. The number of carbonyl (C=O) groups excluding carboxylic acids is 1. The zero-order chi connectivity index (χ0) is 17.1. The van der Waals surface area contributed by atoms with Crippen LogP contribution in [0.25, 0.3) is 10.7 Å². The highest BCUT2D eigenvalue weighted by atomic mass is 32.1. The largest absolute Gasteiger partial charge is 0.501 e. The second-order valence-corrected chi connectivity index (χ2v) is 6.14. The van der Waals surface area contributed by atoms with Crippen LogP contribution < -0.4 is 10.9 Å². The highest BCUT2D eigenvalue weighted by molar-refractivity contribution is 7.13. The predicted molar refractivity (Wildman–Crippen MR) is 98.9 cm³/mol. The molecule has 1 amide bonds. The third kappa shape index (κ3) is 3.95. The first-order valence-corrected chi connectivity index (χ1v) is 8.17. The number of thiophene rings is 1. The Kier molecular flexibility index (Phi) is 5.71. The molecular formula is C18H19N3O3S. The Balaban J connectivity index is 0.00000225. The third-order valence-electron chi connectivity index (χ3n) is 3.51. The molecule has 0 spiro atoms. The minimum Gasteiger partial charge on any atom is -0.501 e. The second-order valence-electron chi connectivity index (χ2n) is 5.19. The number of H-pyrrole nitrogens is 1. The van der Waals surface area contributed by atoms with E-state index >= 15 is 0 Å². The molecule has 2 heterocycles. The van der Waals surface area contributed by atoms with E-state index in [1.165, 1.54) is 11.3 Å². The van der Waals surface area contributed by atoms with Crippen molar-refractivity contribution < 1.29 is 9.90 Å². The minimum absolute atomic E-state index is 0. The molecule has 3 rings (SSSR count). The Hall–Kier alpha value is -2.93. The molecule has 3 N–H and O–H groups in total. The van der Waals surface area contributed by atoms with Gasteiger partial charge in [-0.1, -0.05) is 43.8 Å². The molecule has 6 nitrogen and oxygen atoms in total. The van der Waals surface area contributed by atoms with Gasteiger partial charge in [-0.2, -0.15) is 0 Å². The molecule has 0 saturated heterocycles. The molecule has 0 saturated carbocycles. The summed E-state index contributed by atoms with van der Waals surface area (Å²) in [7, 11) is 0. The van der Waals surface area contributed by atoms with E-state index in [1.54, 1.807) is 6.07 Å². The molecule has 130 valence electrons. The number of hydrogen-bond donors (Lipinski definition) is 3. The summed E-state index contributed by atoms with van der Waals surface area (Å²) in [5.41, 5.74) is -0.121. The number of aromatic nitrogens is 2. The first kappa shape index (κ1) is 18.4. The Morgan fingerprint density at radius 3 is 2.60 bits per heavy atom. The first-order valence-electron chi connectivity index (χ1n) is 7.29. The van der Waals surface area contributed by atoms with Crippen LogP contribution in [0.5, 0.6) is 5.75 Å². The van der Waals surface area contributed by atoms with Gasteiger partial charge in [-0.05, 0) is 23.9 Å². The average Bonchev–Trinajstić information content (AvgIpc) is 3.12. The summed E-state index contributed by atoms with van der Waals surface area (Å²) < 4.78 is 0. The SMILES string of the molecule is C.C[C@@H](NC(=O)c1nc(-c2cccs2)[nH]c(=O)c1O)c1ccccc1.